The molecule has 0 spiro atoms. The standard InChI is InChI=1S/C17H17NO6/c1-22-15-6-7-16(23-2)13(9-15)10-17(19)24-11-12-4-3-5-14(8-12)18(20)21/h3-9H,10-11H2,1-2H3. The zero-order valence-electron chi connectivity index (χ0n) is 13.4. The van der Waals surface area contributed by atoms with Crippen LogP contribution in [0.15, 0.2) is 42.5 Å². The van der Waals surface area contributed by atoms with Crippen LogP contribution in [-0.4, -0.2) is 25.1 Å². The number of esters is 1. The lowest BCUT2D eigenvalue weighted by molar-refractivity contribution is -0.384. The van der Waals surface area contributed by atoms with Gasteiger partial charge in [-0.05, 0) is 23.8 Å². The van der Waals surface area contributed by atoms with E-state index in [1.54, 1.807) is 30.3 Å². The number of nitro benzene ring substituents is 1. The van der Waals surface area contributed by atoms with Crippen molar-refractivity contribution in [2.45, 2.75) is 13.0 Å². The van der Waals surface area contributed by atoms with Gasteiger partial charge in [0.25, 0.3) is 5.69 Å². The van der Waals surface area contributed by atoms with E-state index in [0.717, 1.165) is 0 Å². The number of non-ortho nitro benzene ring substituents is 1. The van der Waals surface area contributed by atoms with Gasteiger partial charge in [0.2, 0.25) is 0 Å². The molecule has 7 nitrogen and oxygen atoms in total. The summed E-state index contributed by atoms with van der Waals surface area (Å²) < 4.78 is 15.5. The Morgan fingerprint density at radius 2 is 1.92 bits per heavy atom. The third-order valence-corrected chi connectivity index (χ3v) is 3.34. The fourth-order valence-corrected chi connectivity index (χ4v) is 2.15. The van der Waals surface area contributed by atoms with Gasteiger partial charge in [0.15, 0.2) is 0 Å². The number of carbonyl (C=O) groups excluding carboxylic acids is 1. The Morgan fingerprint density at radius 1 is 1.12 bits per heavy atom. The number of hydrogen-bond donors (Lipinski definition) is 0. The molecule has 0 aromatic heterocycles. The summed E-state index contributed by atoms with van der Waals surface area (Å²) in [6.45, 7) is -0.0349. The van der Waals surface area contributed by atoms with Crippen LogP contribution in [0.25, 0.3) is 0 Å². The third kappa shape index (κ3) is 4.45. The minimum absolute atomic E-state index is 0.00923. The summed E-state index contributed by atoms with van der Waals surface area (Å²) in [4.78, 5) is 22.3. The Kier molecular flexibility index (Phi) is 5.73. The predicted molar refractivity (Wildman–Crippen MR) is 86.1 cm³/mol. The molecule has 0 unspecified atom stereocenters. The second-order valence-corrected chi connectivity index (χ2v) is 4.94. The van der Waals surface area contributed by atoms with Crippen molar-refractivity contribution >= 4 is 11.7 Å². The molecule has 0 N–H and O–H groups in total. The van der Waals surface area contributed by atoms with E-state index in [4.69, 9.17) is 14.2 Å². The molecule has 0 atom stereocenters. The number of ether oxygens (including phenoxy) is 3. The van der Waals surface area contributed by atoms with E-state index in [1.165, 1.54) is 26.4 Å². The Hall–Kier alpha value is -3.09. The first-order chi connectivity index (χ1) is 11.5. The molecular weight excluding hydrogens is 314 g/mol. The van der Waals surface area contributed by atoms with Gasteiger partial charge >= 0.3 is 5.97 Å². The number of benzene rings is 2. The van der Waals surface area contributed by atoms with Gasteiger partial charge in [-0.2, -0.15) is 0 Å². The van der Waals surface area contributed by atoms with Crippen LogP contribution in [-0.2, 0) is 22.6 Å². The smallest absolute Gasteiger partial charge is 0.310 e. The Bertz CT molecular complexity index is 744. The first-order valence-corrected chi connectivity index (χ1v) is 7.13. The lowest BCUT2D eigenvalue weighted by Crippen LogP contribution is -2.09. The number of carbonyl (C=O) groups is 1. The van der Waals surface area contributed by atoms with Crippen LogP contribution in [0.4, 0.5) is 5.69 Å². The van der Waals surface area contributed by atoms with Crippen LogP contribution in [0.5, 0.6) is 11.5 Å². The molecule has 0 aliphatic heterocycles. The average Bonchev–Trinajstić information content (AvgIpc) is 2.60. The second-order valence-electron chi connectivity index (χ2n) is 4.94. The molecule has 0 aliphatic rings. The Balaban J connectivity index is 2.01. The van der Waals surface area contributed by atoms with Crippen molar-refractivity contribution in [3.63, 3.8) is 0 Å². The molecule has 2 rings (SSSR count). The van der Waals surface area contributed by atoms with Crippen LogP contribution < -0.4 is 9.47 Å². The van der Waals surface area contributed by atoms with Gasteiger partial charge < -0.3 is 14.2 Å². The molecule has 2 aromatic rings. The largest absolute Gasteiger partial charge is 0.497 e. The molecule has 0 heterocycles. The highest BCUT2D eigenvalue weighted by Crippen LogP contribution is 2.24. The van der Waals surface area contributed by atoms with Crippen LogP contribution in [0.1, 0.15) is 11.1 Å². The predicted octanol–water partition coefficient (Wildman–Crippen LogP) is 2.90. The average molecular weight is 331 g/mol. The number of rotatable bonds is 7. The molecule has 2 aromatic carbocycles. The Morgan fingerprint density at radius 3 is 2.58 bits per heavy atom. The van der Waals surface area contributed by atoms with E-state index in [0.29, 0.717) is 22.6 Å². The quantitative estimate of drug-likeness (QED) is 0.440. The first kappa shape index (κ1) is 17.3. The summed E-state index contributed by atoms with van der Waals surface area (Å²) in [5.74, 6) is 0.702. The molecular formula is C17H17NO6. The topological polar surface area (TPSA) is 87.9 Å². The van der Waals surface area contributed by atoms with E-state index in [2.05, 4.69) is 0 Å². The van der Waals surface area contributed by atoms with Gasteiger partial charge in [-0.15, -0.1) is 0 Å². The van der Waals surface area contributed by atoms with Crippen molar-refractivity contribution in [3.8, 4) is 11.5 Å². The van der Waals surface area contributed by atoms with Crippen molar-refractivity contribution in [3.05, 3.63) is 63.7 Å². The molecule has 0 radical (unpaired) electrons. The number of hydrogen-bond acceptors (Lipinski definition) is 6. The summed E-state index contributed by atoms with van der Waals surface area (Å²) >= 11 is 0. The Labute approximate surface area is 138 Å². The van der Waals surface area contributed by atoms with Gasteiger partial charge in [-0.3, -0.25) is 14.9 Å². The minimum atomic E-state index is -0.494. The van der Waals surface area contributed by atoms with Gasteiger partial charge in [0, 0.05) is 17.7 Å². The molecule has 0 saturated heterocycles. The molecule has 126 valence electrons. The maximum absolute atomic E-state index is 12.0. The van der Waals surface area contributed by atoms with Crippen molar-refractivity contribution in [2.24, 2.45) is 0 Å². The van der Waals surface area contributed by atoms with Crippen molar-refractivity contribution in [1.82, 2.24) is 0 Å². The van der Waals surface area contributed by atoms with Gasteiger partial charge in [-0.1, -0.05) is 12.1 Å². The number of nitrogens with zero attached hydrogens (tertiary/aromatic N) is 1. The van der Waals surface area contributed by atoms with E-state index in [9.17, 15) is 14.9 Å². The SMILES string of the molecule is COc1ccc(OC)c(CC(=O)OCc2cccc([N+](=O)[O-])c2)c1. The van der Waals surface area contributed by atoms with Crippen molar-refractivity contribution < 1.29 is 23.9 Å². The van der Waals surface area contributed by atoms with Gasteiger partial charge in [-0.25, -0.2) is 0 Å². The monoisotopic (exact) mass is 331 g/mol. The summed E-state index contributed by atoms with van der Waals surface area (Å²) in [7, 11) is 3.05. The summed E-state index contributed by atoms with van der Waals surface area (Å²) in [6, 6.07) is 11.1. The molecule has 7 heteroatoms. The third-order valence-electron chi connectivity index (χ3n) is 3.34. The lowest BCUT2D eigenvalue weighted by atomic mass is 10.1. The summed E-state index contributed by atoms with van der Waals surface area (Å²) in [5.41, 5.74) is 1.15. The highest BCUT2D eigenvalue weighted by molar-refractivity contribution is 5.74. The van der Waals surface area contributed by atoms with Crippen LogP contribution in [0, 0.1) is 10.1 Å². The van der Waals surface area contributed by atoms with Crippen molar-refractivity contribution in [1.29, 1.82) is 0 Å². The summed E-state index contributed by atoms with van der Waals surface area (Å²) in [6.07, 6.45) is 0.00923. The molecule has 0 aliphatic carbocycles. The number of nitro groups is 1. The fraction of sp³-hybridized carbons (Fsp3) is 0.235. The zero-order chi connectivity index (χ0) is 17.5. The maximum Gasteiger partial charge on any atom is 0.310 e. The minimum Gasteiger partial charge on any atom is -0.497 e. The van der Waals surface area contributed by atoms with Crippen LogP contribution in [0.3, 0.4) is 0 Å². The highest BCUT2D eigenvalue weighted by Gasteiger charge is 2.12. The van der Waals surface area contributed by atoms with Gasteiger partial charge in [0.1, 0.15) is 18.1 Å². The summed E-state index contributed by atoms with van der Waals surface area (Å²) in [5, 5.41) is 10.7. The van der Waals surface area contributed by atoms with Gasteiger partial charge in [0.05, 0.1) is 25.6 Å². The van der Waals surface area contributed by atoms with E-state index in [1.807, 2.05) is 0 Å². The molecule has 24 heavy (non-hydrogen) atoms. The van der Waals surface area contributed by atoms with Crippen molar-refractivity contribution in [2.75, 3.05) is 14.2 Å². The molecule has 0 bridgehead atoms. The second kappa shape index (κ2) is 7.96. The highest BCUT2D eigenvalue weighted by atomic mass is 16.6. The first-order valence-electron chi connectivity index (χ1n) is 7.13. The lowest BCUT2D eigenvalue weighted by Gasteiger charge is -2.10. The zero-order valence-corrected chi connectivity index (χ0v) is 13.4. The fourth-order valence-electron chi connectivity index (χ4n) is 2.15. The maximum atomic E-state index is 12.0. The van der Waals surface area contributed by atoms with Crippen LogP contribution >= 0.6 is 0 Å². The van der Waals surface area contributed by atoms with Crippen LogP contribution in [0.2, 0.25) is 0 Å². The van der Waals surface area contributed by atoms with E-state index >= 15 is 0 Å². The number of methoxy groups -OCH3 is 2. The normalized spacial score (nSPS) is 10.1. The van der Waals surface area contributed by atoms with E-state index in [-0.39, 0.29) is 18.7 Å². The molecule has 0 fully saturated rings. The van der Waals surface area contributed by atoms with E-state index < -0.39 is 10.9 Å². The molecule has 0 saturated carbocycles. The molecule has 0 amide bonds.